The van der Waals surface area contributed by atoms with E-state index in [9.17, 15) is 4.79 Å². The van der Waals surface area contributed by atoms with E-state index in [1.165, 1.54) is 6.08 Å². The van der Waals surface area contributed by atoms with Gasteiger partial charge in [0.2, 0.25) is 0 Å². The van der Waals surface area contributed by atoms with E-state index >= 15 is 0 Å². The van der Waals surface area contributed by atoms with Crippen molar-refractivity contribution < 1.29 is 9.90 Å². The Hall–Kier alpha value is -1.25. The van der Waals surface area contributed by atoms with E-state index in [1.54, 1.807) is 30.4 Å². The number of halogens is 2. The summed E-state index contributed by atoms with van der Waals surface area (Å²) >= 11 is 11.7. The molecule has 0 fully saturated rings. The summed E-state index contributed by atoms with van der Waals surface area (Å²) in [4.78, 5) is 10.2. The van der Waals surface area contributed by atoms with Crippen LogP contribution >= 0.6 is 23.2 Å². The van der Waals surface area contributed by atoms with Crippen LogP contribution in [-0.2, 0) is 4.79 Å². The zero-order valence-corrected chi connectivity index (χ0v) is 9.16. The lowest BCUT2D eigenvalue weighted by Crippen LogP contribution is -1.84. The SMILES string of the molecule is O=C(O)/C=C/C=C/c1cccc(Cl)c1Cl. The average Bonchev–Trinajstić information content (AvgIpc) is 2.18. The smallest absolute Gasteiger partial charge is 0.328 e. The highest BCUT2D eigenvalue weighted by Crippen LogP contribution is 2.26. The number of benzene rings is 1. The first-order valence-electron chi connectivity index (χ1n) is 4.13. The molecule has 0 amide bonds. The van der Waals surface area contributed by atoms with Crippen molar-refractivity contribution in [2.24, 2.45) is 0 Å². The van der Waals surface area contributed by atoms with E-state index in [0.29, 0.717) is 10.0 Å². The van der Waals surface area contributed by atoms with Crippen LogP contribution in [0.2, 0.25) is 10.0 Å². The van der Waals surface area contributed by atoms with Gasteiger partial charge in [0.15, 0.2) is 0 Å². The zero-order valence-electron chi connectivity index (χ0n) is 7.65. The maximum atomic E-state index is 10.2. The highest BCUT2D eigenvalue weighted by atomic mass is 35.5. The molecule has 2 nitrogen and oxygen atoms in total. The van der Waals surface area contributed by atoms with Crippen molar-refractivity contribution in [3.05, 3.63) is 52.0 Å². The third kappa shape index (κ3) is 3.78. The summed E-state index contributed by atoms with van der Waals surface area (Å²) < 4.78 is 0. The quantitative estimate of drug-likeness (QED) is 0.649. The number of rotatable bonds is 3. The second kappa shape index (κ2) is 5.59. The van der Waals surface area contributed by atoms with E-state index in [1.807, 2.05) is 0 Å². The van der Waals surface area contributed by atoms with E-state index in [-0.39, 0.29) is 0 Å². The number of hydrogen-bond donors (Lipinski definition) is 1. The second-order valence-electron chi connectivity index (χ2n) is 2.70. The predicted octanol–water partition coefficient (Wildman–Crippen LogP) is 3.65. The fourth-order valence-corrected chi connectivity index (χ4v) is 1.32. The molecule has 0 unspecified atom stereocenters. The van der Waals surface area contributed by atoms with E-state index in [2.05, 4.69) is 0 Å². The van der Waals surface area contributed by atoms with Gasteiger partial charge in [-0.25, -0.2) is 4.79 Å². The monoisotopic (exact) mass is 242 g/mol. The molecule has 4 heteroatoms. The molecule has 1 N–H and O–H groups in total. The lowest BCUT2D eigenvalue weighted by Gasteiger charge is -1.98. The first-order valence-corrected chi connectivity index (χ1v) is 4.88. The fraction of sp³-hybridized carbons (Fsp3) is 0. The number of carboxylic acid groups (broad SMARTS) is 1. The molecule has 0 aliphatic carbocycles. The molecule has 0 heterocycles. The molecular formula is C11H8Cl2O2. The van der Waals surface area contributed by atoms with Crippen molar-refractivity contribution in [2.45, 2.75) is 0 Å². The van der Waals surface area contributed by atoms with Gasteiger partial charge in [-0.2, -0.15) is 0 Å². The Kier molecular flexibility index (Phi) is 4.40. The molecule has 78 valence electrons. The molecule has 0 saturated heterocycles. The van der Waals surface area contributed by atoms with E-state index in [4.69, 9.17) is 28.3 Å². The highest BCUT2D eigenvalue weighted by molar-refractivity contribution is 6.42. The topological polar surface area (TPSA) is 37.3 Å². The summed E-state index contributed by atoms with van der Waals surface area (Å²) in [6.45, 7) is 0. The van der Waals surface area contributed by atoms with Crippen LogP contribution in [0.1, 0.15) is 5.56 Å². The summed E-state index contributed by atoms with van der Waals surface area (Å²) in [5.74, 6) is -0.989. The van der Waals surface area contributed by atoms with Crippen molar-refractivity contribution in [3.8, 4) is 0 Å². The first-order chi connectivity index (χ1) is 7.11. The summed E-state index contributed by atoms with van der Waals surface area (Å²) in [5.41, 5.74) is 0.749. The minimum Gasteiger partial charge on any atom is -0.478 e. The van der Waals surface area contributed by atoms with Gasteiger partial charge in [-0.05, 0) is 11.6 Å². The van der Waals surface area contributed by atoms with Gasteiger partial charge >= 0.3 is 5.97 Å². The Labute approximate surface area is 97.4 Å². The van der Waals surface area contributed by atoms with Crippen LogP contribution in [0.3, 0.4) is 0 Å². The Bertz CT molecular complexity index is 423. The van der Waals surface area contributed by atoms with Gasteiger partial charge in [0.1, 0.15) is 0 Å². The number of hydrogen-bond acceptors (Lipinski definition) is 1. The molecule has 0 saturated carbocycles. The van der Waals surface area contributed by atoms with Gasteiger partial charge in [-0.15, -0.1) is 0 Å². The first kappa shape index (κ1) is 11.8. The third-order valence-corrected chi connectivity index (χ3v) is 2.44. The van der Waals surface area contributed by atoms with Gasteiger partial charge < -0.3 is 5.11 Å². The molecule has 0 aliphatic heterocycles. The van der Waals surface area contributed by atoms with Crippen LogP contribution in [0.15, 0.2) is 36.4 Å². The van der Waals surface area contributed by atoms with Gasteiger partial charge in [0.25, 0.3) is 0 Å². The Balaban J connectivity index is 2.81. The number of carbonyl (C=O) groups is 1. The molecule has 0 bridgehead atoms. The van der Waals surface area contributed by atoms with Crippen LogP contribution in [0.4, 0.5) is 0 Å². The third-order valence-electron chi connectivity index (χ3n) is 1.61. The molecule has 0 spiro atoms. The molecule has 15 heavy (non-hydrogen) atoms. The lowest BCUT2D eigenvalue weighted by atomic mass is 10.2. The Morgan fingerprint density at radius 3 is 2.67 bits per heavy atom. The summed E-state index contributed by atoms with van der Waals surface area (Å²) in [6, 6.07) is 5.25. The average molecular weight is 243 g/mol. The fourth-order valence-electron chi connectivity index (χ4n) is 0.946. The number of aliphatic carboxylic acids is 1. The van der Waals surface area contributed by atoms with Crippen LogP contribution in [0, 0.1) is 0 Å². The largest absolute Gasteiger partial charge is 0.478 e. The lowest BCUT2D eigenvalue weighted by molar-refractivity contribution is -0.131. The predicted molar refractivity (Wildman–Crippen MR) is 62.3 cm³/mol. The number of allylic oxidation sites excluding steroid dienone is 2. The zero-order chi connectivity index (χ0) is 11.3. The molecule has 0 aliphatic rings. The minimum absolute atomic E-state index is 0.458. The normalized spacial score (nSPS) is 11.3. The standard InChI is InChI=1S/C11H8Cl2O2/c12-9-6-3-5-8(11(9)13)4-1-2-7-10(14)15/h1-7H,(H,14,15)/b4-1+,7-2+. The molecule has 0 atom stereocenters. The van der Waals surface area contributed by atoms with Crippen molar-refractivity contribution in [1.29, 1.82) is 0 Å². The van der Waals surface area contributed by atoms with E-state index < -0.39 is 5.97 Å². The minimum atomic E-state index is -0.989. The highest BCUT2D eigenvalue weighted by Gasteiger charge is 1.99. The van der Waals surface area contributed by atoms with Crippen molar-refractivity contribution in [3.63, 3.8) is 0 Å². The van der Waals surface area contributed by atoms with Gasteiger partial charge in [0.05, 0.1) is 10.0 Å². The van der Waals surface area contributed by atoms with Crippen molar-refractivity contribution in [1.82, 2.24) is 0 Å². The van der Waals surface area contributed by atoms with Gasteiger partial charge in [0, 0.05) is 6.08 Å². The molecule has 0 aromatic heterocycles. The van der Waals surface area contributed by atoms with Crippen molar-refractivity contribution >= 4 is 35.2 Å². The maximum Gasteiger partial charge on any atom is 0.328 e. The number of carboxylic acids is 1. The van der Waals surface area contributed by atoms with Gasteiger partial charge in [-0.3, -0.25) is 0 Å². The second-order valence-corrected chi connectivity index (χ2v) is 3.48. The summed E-state index contributed by atoms with van der Waals surface area (Å²) in [6.07, 6.45) is 5.73. The molecule has 1 aromatic carbocycles. The maximum absolute atomic E-state index is 10.2. The molecule has 1 rings (SSSR count). The van der Waals surface area contributed by atoms with Gasteiger partial charge in [-0.1, -0.05) is 53.6 Å². The van der Waals surface area contributed by atoms with Crippen LogP contribution < -0.4 is 0 Å². The van der Waals surface area contributed by atoms with Crippen LogP contribution in [-0.4, -0.2) is 11.1 Å². The molecular weight excluding hydrogens is 235 g/mol. The molecule has 0 radical (unpaired) electrons. The molecule has 1 aromatic rings. The van der Waals surface area contributed by atoms with Crippen LogP contribution in [0.25, 0.3) is 6.08 Å². The Morgan fingerprint density at radius 1 is 1.27 bits per heavy atom. The van der Waals surface area contributed by atoms with Crippen LogP contribution in [0.5, 0.6) is 0 Å². The Morgan fingerprint density at radius 2 is 2.00 bits per heavy atom. The summed E-state index contributed by atoms with van der Waals surface area (Å²) in [5, 5.41) is 9.27. The van der Waals surface area contributed by atoms with Crippen molar-refractivity contribution in [2.75, 3.05) is 0 Å². The van der Waals surface area contributed by atoms with E-state index in [0.717, 1.165) is 11.6 Å². The summed E-state index contributed by atoms with van der Waals surface area (Å²) in [7, 11) is 0.